The maximum atomic E-state index is 9.77. The van der Waals surface area contributed by atoms with Crippen LogP contribution in [0.25, 0.3) is 11.6 Å². The van der Waals surface area contributed by atoms with Gasteiger partial charge in [0, 0.05) is 21.2 Å². The van der Waals surface area contributed by atoms with Gasteiger partial charge in [-0.25, -0.2) is 0 Å². The molecular formula is C27H22Cl3NO2. The largest absolute Gasteiger partial charge is 0.490 e. The van der Waals surface area contributed by atoms with Gasteiger partial charge in [-0.2, -0.15) is 5.26 Å². The Balaban J connectivity index is 2.02. The Morgan fingerprint density at radius 1 is 1.00 bits per heavy atom. The highest BCUT2D eigenvalue weighted by atomic mass is 35.5. The molecule has 33 heavy (non-hydrogen) atoms. The van der Waals surface area contributed by atoms with E-state index < -0.39 is 0 Å². The first-order valence-electron chi connectivity index (χ1n) is 10.3. The second kappa shape index (κ2) is 11.8. The van der Waals surface area contributed by atoms with Gasteiger partial charge in [-0.1, -0.05) is 59.1 Å². The van der Waals surface area contributed by atoms with Crippen LogP contribution < -0.4 is 9.47 Å². The summed E-state index contributed by atoms with van der Waals surface area (Å²) < 4.78 is 12.1. The first kappa shape index (κ1) is 24.7. The Bertz CT molecular complexity index is 1210. The quantitative estimate of drug-likeness (QED) is 0.169. The van der Waals surface area contributed by atoms with E-state index in [9.17, 15) is 5.26 Å². The van der Waals surface area contributed by atoms with Crippen LogP contribution in [0.5, 0.6) is 11.5 Å². The van der Waals surface area contributed by atoms with Crippen LogP contribution in [-0.4, -0.2) is 6.61 Å². The number of nitriles is 1. The van der Waals surface area contributed by atoms with Gasteiger partial charge < -0.3 is 9.47 Å². The Morgan fingerprint density at radius 2 is 1.73 bits per heavy atom. The molecule has 0 spiro atoms. The zero-order valence-electron chi connectivity index (χ0n) is 18.1. The van der Waals surface area contributed by atoms with E-state index in [4.69, 9.17) is 44.3 Å². The van der Waals surface area contributed by atoms with Gasteiger partial charge in [-0.05, 0) is 66.9 Å². The normalized spacial score (nSPS) is 11.1. The van der Waals surface area contributed by atoms with Crippen LogP contribution in [-0.2, 0) is 13.0 Å². The lowest BCUT2D eigenvalue weighted by molar-refractivity contribution is 0.267. The third-order valence-corrected chi connectivity index (χ3v) is 5.57. The fraction of sp³-hybridized carbons (Fsp3) is 0.148. The molecule has 0 aliphatic heterocycles. The minimum Gasteiger partial charge on any atom is -0.490 e. The number of ether oxygens (including phenoxy) is 2. The van der Waals surface area contributed by atoms with Crippen molar-refractivity contribution in [3.05, 3.63) is 105 Å². The number of allylic oxidation sites excluding steroid dienone is 2. The molecule has 0 atom stereocenters. The third kappa shape index (κ3) is 6.55. The van der Waals surface area contributed by atoms with Crippen LogP contribution in [0, 0.1) is 11.3 Å². The number of hydrogen-bond donors (Lipinski definition) is 0. The minimum atomic E-state index is 0.362. The fourth-order valence-corrected chi connectivity index (χ4v) is 3.92. The zero-order chi connectivity index (χ0) is 23.8. The van der Waals surface area contributed by atoms with Crippen molar-refractivity contribution in [2.75, 3.05) is 6.61 Å². The SMILES string of the molecule is C=CCc1cc(/C=C(\C#N)c2ccc(Cl)cc2Cl)cc(OCC)c1OCc1ccc(Cl)cc1. The van der Waals surface area contributed by atoms with Crippen LogP contribution in [0.3, 0.4) is 0 Å². The molecule has 0 fully saturated rings. The summed E-state index contributed by atoms with van der Waals surface area (Å²) in [7, 11) is 0. The lowest BCUT2D eigenvalue weighted by Gasteiger charge is -2.17. The first-order chi connectivity index (χ1) is 15.9. The molecule has 3 aromatic carbocycles. The number of benzene rings is 3. The van der Waals surface area contributed by atoms with Crippen LogP contribution in [0.2, 0.25) is 15.1 Å². The predicted molar refractivity (Wildman–Crippen MR) is 137 cm³/mol. The van der Waals surface area contributed by atoms with E-state index in [1.54, 1.807) is 30.4 Å². The molecule has 0 saturated carbocycles. The first-order valence-corrected chi connectivity index (χ1v) is 11.4. The molecule has 0 radical (unpaired) electrons. The topological polar surface area (TPSA) is 42.2 Å². The van der Waals surface area contributed by atoms with Crippen molar-refractivity contribution in [3.8, 4) is 17.6 Å². The highest BCUT2D eigenvalue weighted by Gasteiger charge is 2.15. The summed E-state index contributed by atoms with van der Waals surface area (Å²) in [4.78, 5) is 0. The van der Waals surface area contributed by atoms with Crippen molar-refractivity contribution in [3.63, 3.8) is 0 Å². The number of hydrogen-bond acceptors (Lipinski definition) is 3. The second-order valence-electron chi connectivity index (χ2n) is 7.14. The molecule has 0 aromatic heterocycles. The lowest BCUT2D eigenvalue weighted by Crippen LogP contribution is -2.03. The van der Waals surface area contributed by atoms with Crippen molar-refractivity contribution in [2.24, 2.45) is 0 Å². The minimum absolute atomic E-state index is 0.362. The molecule has 0 bridgehead atoms. The molecule has 3 nitrogen and oxygen atoms in total. The molecule has 3 aromatic rings. The molecule has 168 valence electrons. The molecular weight excluding hydrogens is 477 g/mol. The van der Waals surface area contributed by atoms with E-state index in [2.05, 4.69) is 12.6 Å². The van der Waals surface area contributed by atoms with Gasteiger partial charge in [-0.15, -0.1) is 6.58 Å². The van der Waals surface area contributed by atoms with Gasteiger partial charge in [0.1, 0.15) is 6.61 Å². The average molecular weight is 499 g/mol. The monoisotopic (exact) mass is 497 g/mol. The molecule has 0 saturated heterocycles. The zero-order valence-corrected chi connectivity index (χ0v) is 20.3. The van der Waals surface area contributed by atoms with E-state index in [0.29, 0.717) is 57.3 Å². The Hall–Kier alpha value is -2.90. The number of halogens is 3. The number of rotatable bonds is 9. The van der Waals surface area contributed by atoms with Gasteiger partial charge in [0.15, 0.2) is 11.5 Å². The van der Waals surface area contributed by atoms with Gasteiger partial charge >= 0.3 is 0 Å². The molecule has 0 heterocycles. The molecule has 6 heteroatoms. The van der Waals surface area contributed by atoms with E-state index in [1.807, 2.05) is 43.3 Å². The molecule has 0 amide bonds. The summed E-state index contributed by atoms with van der Waals surface area (Å²) in [5, 5.41) is 11.4. The van der Waals surface area contributed by atoms with Crippen LogP contribution in [0.4, 0.5) is 0 Å². The second-order valence-corrected chi connectivity index (χ2v) is 8.42. The maximum Gasteiger partial charge on any atom is 0.165 e. The summed E-state index contributed by atoms with van der Waals surface area (Å²) in [5.74, 6) is 1.24. The van der Waals surface area contributed by atoms with E-state index >= 15 is 0 Å². The Kier molecular flexibility index (Phi) is 8.86. The average Bonchev–Trinajstić information content (AvgIpc) is 2.79. The molecule has 3 rings (SSSR count). The summed E-state index contributed by atoms with van der Waals surface area (Å²) in [6, 6.07) is 18.6. The van der Waals surface area contributed by atoms with Crippen molar-refractivity contribution in [1.82, 2.24) is 0 Å². The maximum absolute atomic E-state index is 9.77. The van der Waals surface area contributed by atoms with E-state index in [1.165, 1.54) is 0 Å². The summed E-state index contributed by atoms with van der Waals surface area (Å²) in [6.45, 7) is 6.60. The number of nitrogens with zero attached hydrogens (tertiary/aromatic N) is 1. The van der Waals surface area contributed by atoms with Crippen molar-refractivity contribution < 1.29 is 9.47 Å². The van der Waals surface area contributed by atoms with Crippen LogP contribution in [0.1, 0.15) is 29.2 Å². The van der Waals surface area contributed by atoms with Gasteiger partial charge in [0.25, 0.3) is 0 Å². The molecule has 0 N–H and O–H groups in total. The third-order valence-electron chi connectivity index (χ3n) is 4.77. The van der Waals surface area contributed by atoms with Crippen molar-refractivity contribution in [1.29, 1.82) is 5.26 Å². The molecule has 0 aliphatic rings. The van der Waals surface area contributed by atoms with E-state index in [0.717, 1.165) is 16.7 Å². The lowest BCUT2D eigenvalue weighted by atomic mass is 10.0. The van der Waals surface area contributed by atoms with Crippen molar-refractivity contribution >= 4 is 46.5 Å². The predicted octanol–water partition coefficient (Wildman–Crippen LogP) is 8.42. The Morgan fingerprint density at radius 3 is 2.36 bits per heavy atom. The van der Waals surface area contributed by atoms with Crippen LogP contribution >= 0.6 is 34.8 Å². The standard InChI is InChI=1S/C27H22Cl3NO2/c1-3-5-20-12-19(13-21(16-31)24-11-10-23(29)15-25(24)30)14-26(32-4-2)27(20)33-17-18-6-8-22(28)9-7-18/h3,6-15H,1,4-5,17H2,2H3/b21-13+. The summed E-state index contributed by atoms with van der Waals surface area (Å²) in [5.41, 5.74) is 3.69. The highest BCUT2D eigenvalue weighted by Crippen LogP contribution is 2.36. The summed E-state index contributed by atoms with van der Waals surface area (Å²) >= 11 is 18.3. The fourth-order valence-electron chi connectivity index (χ4n) is 3.28. The van der Waals surface area contributed by atoms with Gasteiger partial charge in [0.2, 0.25) is 0 Å². The Labute approximate surface area is 209 Å². The smallest absolute Gasteiger partial charge is 0.165 e. The highest BCUT2D eigenvalue weighted by molar-refractivity contribution is 6.36. The summed E-state index contributed by atoms with van der Waals surface area (Å²) in [6.07, 6.45) is 4.14. The van der Waals surface area contributed by atoms with Crippen molar-refractivity contribution in [2.45, 2.75) is 20.0 Å². The van der Waals surface area contributed by atoms with Gasteiger partial charge in [0.05, 0.1) is 23.3 Å². The van der Waals surface area contributed by atoms with Crippen LogP contribution in [0.15, 0.2) is 67.3 Å². The molecule has 0 aliphatic carbocycles. The molecule has 0 unspecified atom stereocenters. The van der Waals surface area contributed by atoms with E-state index in [-0.39, 0.29) is 0 Å². The van der Waals surface area contributed by atoms with Gasteiger partial charge in [-0.3, -0.25) is 0 Å².